The largest absolute Gasteiger partial charge is 0.356 e. The maximum Gasteiger partial charge on any atom is 0.0726 e. The quantitative estimate of drug-likeness (QED) is 0.238. The molecule has 0 saturated carbocycles. The molecule has 1 spiro atoms. The van der Waals surface area contributed by atoms with E-state index in [0.29, 0.717) is 0 Å². The highest BCUT2D eigenvalue weighted by atomic mass is 14.9. The Morgan fingerprint density at radius 2 is 0.732 bits per heavy atom. The fraction of sp³-hybridized carbons (Fsp3) is 0.100. The SMILES string of the molecule is CC1(C)c2ccccc2-c2ccc(Nc3ccc4c(c3)C3(c5ccccc5-c5ccccc53)c3ccccc3-4)cc21. The number of rotatable bonds is 2. The van der Waals surface area contributed by atoms with Gasteiger partial charge in [0, 0.05) is 16.8 Å². The number of anilines is 2. The lowest BCUT2D eigenvalue weighted by Crippen LogP contribution is -2.25. The van der Waals surface area contributed by atoms with Crippen LogP contribution in [-0.4, -0.2) is 0 Å². The molecule has 0 radical (unpaired) electrons. The molecule has 194 valence electrons. The molecule has 1 nitrogen and oxygen atoms in total. The topological polar surface area (TPSA) is 12.0 Å². The van der Waals surface area contributed by atoms with Gasteiger partial charge in [0.25, 0.3) is 0 Å². The molecule has 3 aliphatic rings. The minimum atomic E-state index is -0.321. The molecular weight excluding hydrogens is 494 g/mol. The van der Waals surface area contributed by atoms with Gasteiger partial charge in [0.2, 0.25) is 0 Å². The van der Waals surface area contributed by atoms with Crippen molar-refractivity contribution in [3.8, 4) is 33.4 Å². The maximum absolute atomic E-state index is 3.81. The zero-order chi connectivity index (χ0) is 27.3. The lowest BCUT2D eigenvalue weighted by Gasteiger charge is -2.30. The third-order valence-electron chi connectivity index (χ3n) is 9.87. The second-order valence-corrected chi connectivity index (χ2v) is 12.2. The minimum absolute atomic E-state index is 0.0233. The van der Waals surface area contributed by atoms with Crippen LogP contribution in [0, 0.1) is 0 Å². The van der Waals surface area contributed by atoms with Crippen molar-refractivity contribution in [3.05, 3.63) is 167 Å². The Bertz CT molecular complexity index is 2000. The Kier molecular flexibility index (Phi) is 4.39. The molecule has 41 heavy (non-hydrogen) atoms. The Balaban J connectivity index is 1.22. The van der Waals surface area contributed by atoms with Crippen molar-refractivity contribution in [1.29, 1.82) is 0 Å². The van der Waals surface area contributed by atoms with E-state index >= 15 is 0 Å². The van der Waals surface area contributed by atoms with Gasteiger partial charge in [0.1, 0.15) is 0 Å². The van der Waals surface area contributed by atoms with Crippen LogP contribution in [0.1, 0.15) is 47.2 Å². The zero-order valence-corrected chi connectivity index (χ0v) is 23.2. The van der Waals surface area contributed by atoms with Gasteiger partial charge in [-0.1, -0.05) is 123 Å². The smallest absolute Gasteiger partial charge is 0.0726 e. The molecular formula is C40H29N. The van der Waals surface area contributed by atoms with Crippen molar-refractivity contribution in [2.75, 3.05) is 5.32 Å². The first-order valence-corrected chi connectivity index (χ1v) is 14.5. The summed E-state index contributed by atoms with van der Waals surface area (Å²) in [4.78, 5) is 0. The molecule has 0 amide bonds. The average molecular weight is 524 g/mol. The summed E-state index contributed by atoms with van der Waals surface area (Å²) in [5.74, 6) is 0. The summed E-state index contributed by atoms with van der Waals surface area (Å²) in [5, 5.41) is 3.81. The van der Waals surface area contributed by atoms with E-state index < -0.39 is 0 Å². The van der Waals surface area contributed by atoms with Gasteiger partial charge >= 0.3 is 0 Å². The van der Waals surface area contributed by atoms with Crippen molar-refractivity contribution in [1.82, 2.24) is 0 Å². The zero-order valence-electron chi connectivity index (χ0n) is 23.2. The first-order chi connectivity index (χ1) is 20.1. The van der Waals surface area contributed by atoms with E-state index in [1.54, 1.807) is 0 Å². The molecule has 6 aromatic carbocycles. The predicted octanol–water partition coefficient (Wildman–Crippen LogP) is 10.1. The lowest BCUT2D eigenvalue weighted by molar-refractivity contribution is 0.660. The average Bonchev–Trinajstić information content (AvgIpc) is 3.56. The van der Waals surface area contributed by atoms with E-state index in [4.69, 9.17) is 0 Å². The molecule has 9 rings (SSSR count). The fourth-order valence-corrected chi connectivity index (χ4v) is 8.12. The molecule has 0 unspecified atom stereocenters. The second kappa shape index (κ2) is 7.86. The second-order valence-electron chi connectivity index (χ2n) is 12.2. The molecule has 3 aliphatic carbocycles. The van der Waals surface area contributed by atoms with Crippen molar-refractivity contribution in [2.45, 2.75) is 24.7 Å². The van der Waals surface area contributed by atoms with Gasteiger partial charge in [-0.2, -0.15) is 0 Å². The normalized spacial score (nSPS) is 15.5. The van der Waals surface area contributed by atoms with Crippen molar-refractivity contribution >= 4 is 11.4 Å². The van der Waals surface area contributed by atoms with E-state index in [0.717, 1.165) is 11.4 Å². The van der Waals surface area contributed by atoms with Crippen LogP contribution in [0.5, 0.6) is 0 Å². The Hall–Kier alpha value is -4.88. The van der Waals surface area contributed by atoms with Crippen LogP contribution in [0.25, 0.3) is 33.4 Å². The number of hydrogen-bond acceptors (Lipinski definition) is 1. The summed E-state index contributed by atoms with van der Waals surface area (Å²) in [6.45, 7) is 4.68. The summed E-state index contributed by atoms with van der Waals surface area (Å²) >= 11 is 0. The van der Waals surface area contributed by atoms with Crippen LogP contribution in [-0.2, 0) is 10.8 Å². The van der Waals surface area contributed by atoms with Gasteiger partial charge in [-0.15, -0.1) is 0 Å². The molecule has 0 atom stereocenters. The van der Waals surface area contributed by atoms with Gasteiger partial charge in [-0.25, -0.2) is 0 Å². The monoisotopic (exact) mass is 523 g/mol. The summed E-state index contributed by atoms with van der Waals surface area (Å²) < 4.78 is 0. The molecule has 0 saturated heterocycles. The van der Waals surface area contributed by atoms with E-state index in [1.165, 1.54) is 66.8 Å². The van der Waals surface area contributed by atoms with Gasteiger partial charge in [-0.05, 0) is 91.0 Å². The molecule has 0 fully saturated rings. The molecule has 0 bridgehead atoms. The number of fused-ring (bicyclic) bond motifs is 13. The van der Waals surface area contributed by atoms with Crippen LogP contribution in [0.3, 0.4) is 0 Å². The molecule has 0 heterocycles. The predicted molar refractivity (Wildman–Crippen MR) is 170 cm³/mol. The van der Waals surface area contributed by atoms with Crippen molar-refractivity contribution < 1.29 is 0 Å². The summed E-state index contributed by atoms with van der Waals surface area (Å²) in [7, 11) is 0. The van der Waals surface area contributed by atoms with E-state index in [2.05, 4.69) is 153 Å². The number of nitrogens with one attached hydrogen (secondary N) is 1. The number of hydrogen-bond donors (Lipinski definition) is 1. The van der Waals surface area contributed by atoms with Crippen molar-refractivity contribution in [3.63, 3.8) is 0 Å². The van der Waals surface area contributed by atoms with Gasteiger partial charge in [0.05, 0.1) is 5.41 Å². The first kappa shape index (κ1) is 22.9. The van der Waals surface area contributed by atoms with E-state index in [9.17, 15) is 0 Å². The maximum atomic E-state index is 3.81. The van der Waals surface area contributed by atoms with E-state index in [1.807, 2.05) is 0 Å². The fourth-order valence-electron chi connectivity index (χ4n) is 8.12. The highest BCUT2D eigenvalue weighted by Gasteiger charge is 2.51. The molecule has 0 aliphatic heterocycles. The highest BCUT2D eigenvalue weighted by molar-refractivity contribution is 5.95. The first-order valence-electron chi connectivity index (χ1n) is 14.5. The standard InChI is InChI=1S/C40H29N/c1-39(2)33-15-7-3-11-27(33)31-21-19-25(23-37(31)39)41-26-20-22-32-30-14-6-10-18-36(30)40(38(32)24-26)34-16-8-4-12-28(34)29-13-5-9-17-35(29)40/h3-24,41H,1-2H3. The summed E-state index contributed by atoms with van der Waals surface area (Å²) in [6, 6.07) is 49.6. The minimum Gasteiger partial charge on any atom is -0.356 e. The summed E-state index contributed by atoms with van der Waals surface area (Å²) in [5.41, 5.74) is 18.2. The van der Waals surface area contributed by atoms with Crippen molar-refractivity contribution in [2.24, 2.45) is 0 Å². The van der Waals surface area contributed by atoms with Gasteiger partial charge in [0.15, 0.2) is 0 Å². The van der Waals surface area contributed by atoms with Gasteiger partial charge in [-0.3, -0.25) is 0 Å². The van der Waals surface area contributed by atoms with E-state index in [-0.39, 0.29) is 10.8 Å². The molecule has 1 heteroatoms. The Labute approximate surface area is 241 Å². The molecule has 0 aromatic heterocycles. The van der Waals surface area contributed by atoms with Crippen LogP contribution >= 0.6 is 0 Å². The highest BCUT2D eigenvalue weighted by Crippen LogP contribution is 2.63. The third kappa shape index (κ3) is 2.81. The van der Waals surface area contributed by atoms with Crippen LogP contribution in [0.4, 0.5) is 11.4 Å². The third-order valence-corrected chi connectivity index (χ3v) is 9.87. The van der Waals surface area contributed by atoms with Crippen LogP contribution < -0.4 is 5.32 Å². The van der Waals surface area contributed by atoms with Crippen LogP contribution in [0.15, 0.2) is 133 Å². The molecule has 1 N–H and O–H groups in total. The number of benzene rings is 6. The van der Waals surface area contributed by atoms with Gasteiger partial charge < -0.3 is 5.32 Å². The Morgan fingerprint density at radius 3 is 1.24 bits per heavy atom. The van der Waals surface area contributed by atoms with Crippen LogP contribution in [0.2, 0.25) is 0 Å². The Morgan fingerprint density at radius 1 is 0.366 bits per heavy atom. The summed E-state index contributed by atoms with van der Waals surface area (Å²) in [6.07, 6.45) is 0. The molecule has 6 aromatic rings. The lowest BCUT2D eigenvalue weighted by atomic mass is 9.70.